The van der Waals surface area contributed by atoms with Gasteiger partial charge in [-0.3, -0.25) is 4.79 Å². The molecule has 0 fully saturated rings. The Kier molecular flexibility index (Phi) is 5.90. The fourth-order valence-corrected chi connectivity index (χ4v) is 4.34. The quantitative estimate of drug-likeness (QED) is 0.499. The zero-order valence-corrected chi connectivity index (χ0v) is 18.4. The number of amides is 1. The summed E-state index contributed by atoms with van der Waals surface area (Å²) < 4.78 is 2.60. The second kappa shape index (κ2) is 8.77. The van der Waals surface area contributed by atoms with Crippen LogP contribution in [0.15, 0.2) is 69.6 Å². The zero-order valence-electron chi connectivity index (χ0n) is 17.6. The van der Waals surface area contributed by atoms with E-state index in [9.17, 15) is 9.59 Å². The van der Waals surface area contributed by atoms with Crippen molar-refractivity contribution in [2.45, 2.75) is 43.7 Å². The Hall–Kier alpha value is -3.39. The second-order valence-corrected chi connectivity index (χ2v) is 8.33. The van der Waals surface area contributed by atoms with E-state index in [2.05, 4.69) is 28.4 Å². The van der Waals surface area contributed by atoms with Gasteiger partial charge in [-0.05, 0) is 49.1 Å². The van der Waals surface area contributed by atoms with Gasteiger partial charge in [-0.2, -0.15) is 0 Å². The van der Waals surface area contributed by atoms with Crippen LogP contribution < -0.4 is 11.0 Å². The van der Waals surface area contributed by atoms with Gasteiger partial charge in [0.15, 0.2) is 5.65 Å². The molecule has 0 unspecified atom stereocenters. The van der Waals surface area contributed by atoms with Crippen LogP contribution in [0.3, 0.4) is 0 Å². The maximum Gasteiger partial charge on any atom is 0.350 e. The summed E-state index contributed by atoms with van der Waals surface area (Å²) in [4.78, 5) is 30.9. The van der Waals surface area contributed by atoms with Crippen LogP contribution in [0.5, 0.6) is 0 Å². The number of nitrogens with zero attached hydrogens (tertiary/aromatic N) is 4. The van der Waals surface area contributed by atoms with Crippen LogP contribution in [-0.4, -0.2) is 25.1 Å². The average molecular weight is 434 g/mol. The van der Waals surface area contributed by atoms with Crippen LogP contribution in [0.1, 0.15) is 23.6 Å². The van der Waals surface area contributed by atoms with Gasteiger partial charge in [-0.25, -0.2) is 18.9 Å². The highest BCUT2D eigenvalue weighted by Gasteiger charge is 2.16. The Labute approximate surface area is 184 Å². The molecule has 0 atom stereocenters. The summed E-state index contributed by atoms with van der Waals surface area (Å²) in [5.74, 6) is -0.308. The van der Waals surface area contributed by atoms with Gasteiger partial charge < -0.3 is 5.32 Å². The standard InChI is InChI=1S/C23H23N5O2S/c1-4-17-7-5-6-8-19(17)31-22-21-26-28(23(30)27(21)12-11-24-22)14-20(29)25-18-13-15(2)9-10-16(18)3/h5-13H,4,14H2,1-3H3,(H,25,29). The molecule has 4 aromatic rings. The molecule has 2 aromatic heterocycles. The Morgan fingerprint density at radius 3 is 2.77 bits per heavy atom. The van der Waals surface area contributed by atoms with Crippen LogP contribution in [-0.2, 0) is 17.8 Å². The average Bonchev–Trinajstić information content (AvgIpc) is 3.07. The summed E-state index contributed by atoms with van der Waals surface area (Å²) in [6.45, 7) is 5.81. The molecule has 158 valence electrons. The summed E-state index contributed by atoms with van der Waals surface area (Å²) in [7, 11) is 0. The van der Waals surface area contributed by atoms with Crippen LogP contribution in [0.25, 0.3) is 5.65 Å². The first kappa shape index (κ1) is 20.9. The van der Waals surface area contributed by atoms with Crippen molar-refractivity contribution in [2.75, 3.05) is 5.32 Å². The number of nitrogens with one attached hydrogen (secondary N) is 1. The van der Waals surface area contributed by atoms with Crippen LogP contribution >= 0.6 is 11.8 Å². The SMILES string of the molecule is CCc1ccccc1Sc1nccn2c(=O)n(CC(=O)Nc3cc(C)ccc3C)nc12. The molecule has 1 amide bonds. The summed E-state index contributed by atoms with van der Waals surface area (Å²) in [5, 5.41) is 7.90. The number of benzene rings is 2. The minimum Gasteiger partial charge on any atom is -0.324 e. The summed E-state index contributed by atoms with van der Waals surface area (Å²) >= 11 is 1.47. The van der Waals surface area contributed by atoms with Crippen LogP contribution in [0, 0.1) is 13.8 Å². The van der Waals surface area contributed by atoms with E-state index >= 15 is 0 Å². The van der Waals surface area contributed by atoms with E-state index in [4.69, 9.17) is 0 Å². The number of aryl methyl sites for hydroxylation is 3. The normalized spacial score (nSPS) is 11.1. The van der Waals surface area contributed by atoms with Crippen molar-refractivity contribution in [3.05, 3.63) is 82.0 Å². The van der Waals surface area contributed by atoms with E-state index in [1.807, 2.05) is 50.2 Å². The maximum atomic E-state index is 12.8. The molecule has 0 aliphatic carbocycles. The molecule has 7 nitrogen and oxygen atoms in total. The molecule has 2 aromatic carbocycles. The molecule has 1 N–H and O–H groups in total. The lowest BCUT2D eigenvalue weighted by Crippen LogP contribution is -2.28. The third-order valence-electron chi connectivity index (χ3n) is 4.99. The third kappa shape index (κ3) is 4.39. The van der Waals surface area contributed by atoms with Crippen molar-refractivity contribution in [3.8, 4) is 0 Å². The fourth-order valence-electron chi connectivity index (χ4n) is 3.30. The second-order valence-electron chi connectivity index (χ2n) is 7.30. The molecule has 2 heterocycles. The molecule has 31 heavy (non-hydrogen) atoms. The predicted molar refractivity (Wildman–Crippen MR) is 122 cm³/mol. The van der Waals surface area contributed by atoms with Crippen LogP contribution in [0.2, 0.25) is 0 Å². The van der Waals surface area contributed by atoms with E-state index in [1.165, 1.54) is 26.4 Å². The molecular formula is C23H23N5O2S. The Morgan fingerprint density at radius 2 is 1.97 bits per heavy atom. The van der Waals surface area contributed by atoms with E-state index in [0.29, 0.717) is 10.7 Å². The van der Waals surface area contributed by atoms with E-state index in [0.717, 1.165) is 28.1 Å². The van der Waals surface area contributed by atoms with Gasteiger partial charge in [0.1, 0.15) is 11.6 Å². The van der Waals surface area contributed by atoms with E-state index in [1.54, 1.807) is 12.4 Å². The van der Waals surface area contributed by atoms with E-state index < -0.39 is 0 Å². The predicted octanol–water partition coefficient (Wildman–Crippen LogP) is 3.86. The van der Waals surface area contributed by atoms with Gasteiger partial charge in [0.05, 0.1) is 0 Å². The van der Waals surface area contributed by atoms with E-state index in [-0.39, 0.29) is 18.1 Å². The molecule has 0 saturated heterocycles. The first-order valence-corrected chi connectivity index (χ1v) is 10.8. The number of hydrogen-bond acceptors (Lipinski definition) is 5. The Morgan fingerprint density at radius 1 is 1.16 bits per heavy atom. The number of rotatable bonds is 6. The lowest BCUT2D eigenvalue weighted by atomic mass is 10.1. The van der Waals surface area contributed by atoms with Crippen LogP contribution in [0.4, 0.5) is 5.69 Å². The summed E-state index contributed by atoms with van der Waals surface area (Å²) in [5.41, 5.74) is 3.99. The van der Waals surface area contributed by atoms with Gasteiger partial charge in [-0.1, -0.05) is 49.0 Å². The van der Waals surface area contributed by atoms with Crippen molar-refractivity contribution in [3.63, 3.8) is 0 Å². The minimum absolute atomic E-state index is 0.177. The minimum atomic E-state index is -0.376. The smallest absolute Gasteiger partial charge is 0.324 e. The van der Waals surface area contributed by atoms with Crippen molar-refractivity contribution >= 4 is 29.0 Å². The highest BCUT2D eigenvalue weighted by molar-refractivity contribution is 7.99. The number of carbonyl (C=O) groups is 1. The molecular weight excluding hydrogens is 410 g/mol. The number of anilines is 1. The lowest BCUT2D eigenvalue weighted by Gasteiger charge is -2.09. The number of carbonyl (C=O) groups excluding carboxylic acids is 1. The lowest BCUT2D eigenvalue weighted by molar-refractivity contribution is -0.117. The molecule has 4 rings (SSSR count). The van der Waals surface area contributed by atoms with Gasteiger partial charge >= 0.3 is 5.69 Å². The van der Waals surface area contributed by atoms with Gasteiger partial charge in [0.25, 0.3) is 0 Å². The molecule has 0 saturated carbocycles. The first-order chi connectivity index (χ1) is 15.0. The maximum absolute atomic E-state index is 12.8. The monoisotopic (exact) mass is 433 g/mol. The molecule has 8 heteroatoms. The fraction of sp³-hybridized carbons (Fsp3) is 0.217. The molecule has 0 spiro atoms. The summed E-state index contributed by atoms with van der Waals surface area (Å²) in [6, 6.07) is 13.9. The third-order valence-corrected chi connectivity index (χ3v) is 6.09. The highest BCUT2D eigenvalue weighted by atomic mass is 32.2. The zero-order chi connectivity index (χ0) is 22.0. The molecule has 0 radical (unpaired) electrons. The van der Waals surface area contributed by atoms with Crippen molar-refractivity contribution in [1.29, 1.82) is 0 Å². The van der Waals surface area contributed by atoms with Gasteiger partial charge in [0.2, 0.25) is 5.91 Å². The number of aromatic nitrogens is 4. The van der Waals surface area contributed by atoms with Crippen molar-refractivity contribution in [2.24, 2.45) is 0 Å². The summed E-state index contributed by atoms with van der Waals surface area (Å²) in [6.07, 6.45) is 4.04. The van der Waals surface area contributed by atoms with Gasteiger partial charge in [0, 0.05) is 23.0 Å². The highest BCUT2D eigenvalue weighted by Crippen LogP contribution is 2.31. The van der Waals surface area contributed by atoms with Gasteiger partial charge in [-0.15, -0.1) is 5.10 Å². The molecule has 0 aliphatic heterocycles. The Bertz CT molecular complexity index is 1330. The molecule has 0 bridgehead atoms. The molecule has 0 aliphatic rings. The largest absolute Gasteiger partial charge is 0.350 e. The Balaban J connectivity index is 1.62. The number of fused-ring (bicyclic) bond motifs is 1. The topological polar surface area (TPSA) is 81.3 Å². The first-order valence-electron chi connectivity index (χ1n) is 10.0. The van der Waals surface area contributed by atoms with Crippen molar-refractivity contribution < 1.29 is 4.79 Å². The van der Waals surface area contributed by atoms with Crippen molar-refractivity contribution in [1.82, 2.24) is 19.2 Å². The number of hydrogen-bond donors (Lipinski definition) is 1.